The molecule has 2 aromatic carbocycles. The largest absolute Gasteiger partial charge is 0.467 e. The number of aromatic amines is 1. The average Bonchev–Trinajstić information content (AvgIpc) is 3.40. The van der Waals surface area contributed by atoms with Gasteiger partial charge in [-0.05, 0) is 29.3 Å². The quantitative estimate of drug-likeness (QED) is 0.475. The fourth-order valence-corrected chi connectivity index (χ4v) is 4.65. The van der Waals surface area contributed by atoms with Crippen LogP contribution in [0.4, 0.5) is 0 Å². The highest BCUT2D eigenvalue weighted by atomic mass is 35.5. The van der Waals surface area contributed by atoms with Crippen LogP contribution in [0.25, 0.3) is 10.9 Å². The molecule has 160 valence electrons. The van der Waals surface area contributed by atoms with Crippen LogP contribution in [0, 0.1) is 0 Å². The van der Waals surface area contributed by atoms with Crippen LogP contribution in [-0.4, -0.2) is 46.5 Å². The number of aromatic nitrogens is 1. The summed E-state index contributed by atoms with van der Waals surface area (Å²) in [6, 6.07) is 11.7. The van der Waals surface area contributed by atoms with Gasteiger partial charge in [-0.1, -0.05) is 47.5 Å². The lowest BCUT2D eigenvalue weighted by atomic mass is 9.87. The summed E-state index contributed by atoms with van der Waals surface area (Å²) in [4.78, 5) is 29.4. The number of carbonyl (C=O) groups excluding carboxylic acids is 2. The molecule has 31 heavy (non-hydrogen) atoms. The molecule has 0 bridgehead atoms. The molecule has 2 aliphatic rings. The Balaban J connectivity index is 1.75. The number of halogens is 2. The molecule has 1 amide bonds. The highest BCUT2D eigenvalue weighted by Gasteiger charge is 2.45. The van der Waals surface area contributed by atoms with Gasteiger partial charge in [-0.15, -0.1) is 0 Å². The summed E-state index contributed by atoms with van der Waals surface area (Å²) in [6.45, 7) is 0.125. The molecule has 9 heteroatoms. The van der Waals surface area contributed by atoms with E-state index in [1.807, 2.05) is 30.3 Å². The van der Waals surface area contributed by atoms with Gasteiger partial charge in [0.2, 0.25) is 6.79 Å². The topological polar surface area (TPSA) is 80.9 Å². The van der Waals surface area contributed by atoms with Gasteiger partial charge >= 0.3 is 5.97 Å². The van der Waals surface area contributed by atoms with E-state index >= 15 is 0 Å². The van der Waals surface area contributed by atoms with Crippen molar-refractivity contribution in [3.63, 3.8) is 0 Å². The van der Waals surface area contributed by atoms with Gasteiger partial charge in [0, 0.05) is 23.0 Å². The molecule has 0 radical (unpaired) electrons. The first-order valence-corrected chi connectivity index (χ1v) is 10.5. The van der Waals surface area contributed by atoms with Gasteiger partial charge in [0.1, 0.15) is 6.04 Å². The zero-order chi connectivity index (χ0) is 21.7. The molecule has 0 spiro atoms. The number of amides is 1. The van der Waals surface area contributed by atoms with Crippen LogP contribution in [0.2, 0.25) is 0 Å². The van der Waals surface area contributed by atoms with Crippen molar-refractivity contribution in [3.8, 4) is 11.5 Å². The molecular formula is C22H18Cl2N2O5. The van der Waals surface area contributed by atoms with Crippen LogP contribution in [0.3, 0.4) is 0 Å². The van der Waals surface area contributed by atoms with Crippen LogP contribution in [0.1, 0.15) is 22.9 Å². The van der Waals surface area contributed by atoms with Gasteiger partial charge in [0.25, 0.3) is 5.91 Å². The standard InChI is InChI=1S/C22H18Cl2N2O5/c1-29-22(28)15-9-13-12-4-2-3-5-14(12)25-18(13)19(26(15)21(27)20(23)24)11-6-7-16-17(8-11)31-10-30-16/h2-8,15,19-20,25H,9-10H2,1H3/t15-,19-/m1/s1. The summed E-state index contributed by atoms with van der Waals surface area (Å²) < 4.78 is 16.0. The summed E-state index contributed by atoms with van der Waals surface area (Å²) >= 11 is 12.0. The van der Waals surface area contributed by atoms with Crippen molar-refractivity contribution in [2.75, 3.05) is 13.9 Å². The molecule has 1 aromatic heterocycles. The first kappa shape index (κ1) is 20.0. The molecule has 0 saturated carbocycles. The zero-order valence-electron chi connectivity index (χ0n) is 16.4. The van der Waals surface area contributed by atoms with Gasteiger partial charge < -0.3 is 24.1 Å². The number of ether oxygens (including phenoxy) is 3. The van der Waals surface area contributed by atoms with Gasteiger partial charge in [-0.25, -0.2) is 4.79 Å². The molecule has 0 saturated heterocycles. The Morgan fingerprint density at radius 1 is 1.16 bits per heavy atom. The molecule has 0 aliphatic carbocycles. The maximum atomic E-state index is 13.2. The van der Waals surface area contributed by atoms with E-state index in [1.54, 1.807) is 12.1 Å². The molecular weight excluding hydrogens is 443 g/mol. The lowest BCUT2D eigenvalue weighted by Gasteiger charge is -2.41. The fourth-order valence-electron chi connectivity index (χ4n) is 4.42. The number of alkyl halides is 2. The smallest absolute Gasteiger partial charge is 0.328 e. The van der Waals surface area contributed by atoms with Gasteiger partial charge in [-0.3, -0.25) is 4.79 Å². The molecule has 5 rings (SSSR count). The van der Waals surface area contributed by atoms with Crippen LogP contribution in [0.15, 0.2) is 42.5 Å². The van der Waals surface area contributed by atoms with E-state index in [0.717, 1.165) is 27.7 Å². The first-order valence-electron chi connectivity index (χ1n) is 9.66. The third-order valence-corrected chi connectivity index (χ3v) is 6.13. The average molecular weight is 461 g/mol. The van der Waals surface area contributed by atoms with E-state index < -0.39 is 28.8 Å². The summed E-state index contributed by atoms with van der Waals surface area (Å²) in [5.74, 6) is 0.0668. The minimum atomic E-state index is -1.34. The number of H-pyrrole nitrogens is 1. The van der Waals surface area contributed by atoms with Crippen molar-refractivity contribution < 1.29 is 23.8 Å². The Bertz CT molecular complexity index is 1190. The summed E-state index contributed by atoms with van der Waals surface area (Å²) in [6.07, 6.45) is 0.277. The molecule has 7 nitrogen and oxygen atoms in total. The number of methoxy groups -OCH3 is 1. The lowest BCUT2D eigenvalue weighted by molar-refractivity contribution is -0.154. The van der Waals surface area contributed by atoms with E-state index in [0.29, 0.717) is 11.5 Å². The highest BCUT2D eigenvalue weighted by Crippen LogP contribution is 2.44. The number of esters is 1. The number of hydrogen-bond acceptors (Lipinski definition) is 5. The van der Waals surface area contributed by atoms with E-state index in [1.165, 1.54) is 12.0 Å². The molecule has 3 aromatic rings. The Morgan fingerprint density at radius 2 is 1.94 bits per heavy atom. The minimum absolute atomic E-state index is 0.125. The fraction of sp³-hybridized carbons (Fsp3) is 0.273. The number of benzene rings is 2. The second-order valence-electron chi connectivity index (χ2n) is 7.37. The predicted octanol–water partition coefficient (Wildman–Crippen LogP) is 3.72. The van der Waals surface area contributed by atoms with Crippen LogP contribution in [0.5, 0.6) is 11.5 Å². The number of nitrogens with zero attached hydrogens (tertiary/aromatic N) is 1. The van der Waals surface area contributed by atoms with Crippen LogP contribution < -0.4 is 9.47 Å². The molecule has 0 fully saturated rings. The van der Waals surface area contributed by atoms with Gasteiger partial charge in [0.15, 0.2) is 16.3 Å². The van der Waals surface area contributed by atoms with Gasteiger partial charge in [-0.2, -0.15) is 0 Å². The van der Waals surface area contributed by atoms with E-state index in [2.05, 4.69) is 4.98 Å². The number of rotatable bonds is 3. The maximum absolute atomic E-state index is 13.2. The number of hydrogen-bond donors (Lipinski definition) is 1. The lowest BCUT2D eigenvalue weighted by Crippen LogP contribution is -2.53. The third-order valence-electron chi connectivity index (χ3n) is 5.76. The van der Waals surface area contributed by atoms with Crippen molar-refractivity contribution in [1.29, 1.82) is 0 Å². The molecule has 1 N–H and O–H groups in total. The summed E-state index contributed by atoms with van der Waals surface area (Å²) in [7, 11) is 1.30. The van der Waals surface area contributed by atoms with Crippen molar-refractivity contribution in [2.24, 2.45) is 0 Å². The number of fused-ring (bicyclic) bond motifs is 4. The Morgan fingerprint density at radius 3 is 2.71 bits per heavy atom. The minimum Gasteiger partial charge on any atom is -0.467 e. The van der Waals surface area contributed by atoms with Crippen molar-refractivity contribution in [2.45, 2.75) is 23.3 Å². The number of nitrogens with one attached hydrogen (secondary N) is 1. The molecule has 2 aliphatic heterocycles. The second-order valence-corrected chi connectivity index (χ2v) is 8.46. The predicted molar refractivity (Wildman–Crippen MR) is 115 cm³/mol. The van der Waals surface area contributed by atoms with Crippen LogP contribution in [-0.2, 0) is 20.7 Å². The van der Waals surface area contributed by atoms with Crippen LogP contribution >= 0.6 is 23.2 Å². The van der Waals surface area contributed by atoms with E-state index in [-0.39, 0.29) is 13.2 Å². The number of carbonyl (C=O) groups is 2. The third kappa shape index (κ3) is 3.20. The highest BCUT2D eigenvalue weighted by molar-refractivity contribution is 6.53. The SMILES string of the molecule is COC(=O)[C@H]1Cc2c([nH]c3ccccc23)[C@@H](c2ccc3c(c2)OCO3)N1C(=O)C(Cl)Cl. The van der Waals surface area contributed by atoms with Crippen molar-refractivity contribution in [3.05, 3.63) is 59.3 Å². The van der Waals surface area contributed by atoms with Gasteiger partial charge in [0.05, 0.1) is 13.2 Å². The van der Waals surface area contributed by atoms with Crippen molar-refractivity contribution in [1.82, 2.24) is 9.88 Å². The molecule has 3 heterocycles. The normalized spacial score (nSPS) is 19.5. The second kappa shape index (κ2) is 7.66. The Hall–Kier alpha value is -2.90. The van der Waals surface area contributed by atoms with E-state index in [9.17, 15) is 9.59 Å². The van der Waals surface area contributed by atoms with Crippen molar-refractivity contribution >= 4 is 46.0 Å². The summed E-state index contributed by atoms with van der Waals surface area (Å²) in [5.41, 5.74) is 3.37. The first-order chi connectivity index (χ1) is 15.0. The number of para-hydroxylation sites is 1. The molecule has 2 atom stereocenters. The maximum Gasteiger partial charge on any atom is 0.328 e. The molecule has 0 unspecified atom stereocenters. The van der Waals surface area contributed by atoms with E-state index in [4.69, 9.17) is 37.4 Å². The Labute approximate surface area is 187 Å². The zero-order valence-corrected chi connectivity index (χ0v) is 17.9. The Kier molecular flexibility index (Phi) is 4.95. The monoisotopic (exact) mass is 460 g/mol. The summed E-state index contributed by atoms with van der Waals surface area (Å²) in [5, 5.41) is 0.984.